The Labute approximate surface area is 91.6 Å². The molecule has 0 aliphatic carbocycles. The number of ether oxygens (including phenoxy) is 2. The molecule has 0 aliphatic rings. The van der Waals surface area contributed by atoms with Gasteiger partial charge in [0.2, 0.25) is 0 Å². The van der Waals surface area contributed by atoms with E-state index in [0.717, 1.165) is 0 Å². The fourth-order valence-electron chi connectivity index (χ4n) is 1.79. The van der Waals surface area contributed by atoms with Crippen molar-refractivity contribution in [3.63, 3.8) is 0 Å². The lowest BCUT2D eigenvalue weighted by Crippen LogP contribution is -2.52. The van der Waals surface area contributed by atoms with Crippen LogP contribution in [0.4, 0.5) is 0 Å². The summed E-state index contributed by atoms with van der Waals surface area (Å²) in [5, 5.41) is 10.4. The molecule has 2 unspecified atom stereocenters. The monoisotopic (exact) mass is 218 g/mol. The Morgan fingerprint density at radius 2 is 1.93 bits per heavy atom. The molecule has 0 aromatic heterocycles. The zero-order valence-electron chi connectivity index (χ0n) is 10.2. The second kappa shape index (κ2) is 6.08. The molecule has 0 saturated heterocycles. The van der Waals surface area contributed by atoms with Crippen LogP contribution in [0.15, 0.2) is 0 Å². The number of carbonyl (C=O) groups excluding carboxylic acids is 1. The molecule has 0 fully saturated rings. The largest absolute Gasteiger partial charge is 0.467 e. The fourth-order valence-corrected chi connectivity index (χ4v) is 1.79. The van der Waals surface area contributed by atoms with Crippen LogP contribution < -0.4 is 0 Å². The van der Waals surface area contributed by atoms with E-state index in [1.807, 2.05) is 6.92 Å². The van der Waals surface area contributed by atoms with E-state index in [4.69, 9.17) is 4.74 Å². The Balaban J connectivity index is 4.97. The van der Waals surface area contributed by atoms with Crippen molar-refractivity contribution in [2.24, 2.45) is 11.8 Å². The second-order valence-electron chi connectivity index (χ2n) is 4.03. The highest BCUT2D eigenvalue weighted by atomic mass is 16.5. The molecule has 1 N–H and O–H groups in total. The number of hydrogen-bond donors (Lipinski definition) is 1. The van der Waals surface area contributed by atoms with Gasteiger partial charge in [0.25, 0.3) is 0 Å². The summed E-state index contributed by atoms with van der Waals surface area (Å²) in [6.45, 7) is 5.87. The van der Waals surface area contributed by atoms with E-state index < -0.39 is 11.6 Å². The fraction of sp³-hybridized carbons (Fsp3) is 0.909. The molecule has 4 nitrogen and oxygen atoms in total. The predicted molar refractivity (Wildman–Crippen MR) is 57.5 cm³/mol. The van der Waals surface area contributed by atoms with Gasteiger partial charge in [0, 0.05) is 13.0 Å². The van der Waals surface area contributed by atoms with Crippen molar-refractivity contribution < 1.29 is 19.4 Å². The van der Waals surface area contributed by atoms with Crippen LogP contribution in [0.5, 0.6) is 0 Å². The molecular formula is C11H22O4. The third kappa shape index (κ3) is 2.92. The van der Waals surface area contributed by atoms with Crippen LogP contribution in [0, 0.1) is 11.8 Å². The standard InChI is InChI=1S/C11H22O4/c1-6-9(7-14-4)11(13,8(2)3)10(12)15-5/h8-9,13H,6-7H2,1-5H3. The topological polar surface area (TPSA) is 55.8 Å². The maximum Gasteiger partial charge on any atom is 0.338 e. The quantitative estimate of drug-likeness (QED) is 0.681. The van der Waals surface area contributed by atoms with E-state index in [1.54, 1.807) is 21.0 Å². The van der Waals surface area contributed by atoms with E-state index in [0.29, 0.717) is 13.0 Å². The lowest BCUT2D eigenvalue weighted by molar-refractivity contribution is -0.178. The van der Waals surface area contributed by atoms with Gasteiger partial charge in [-0.1, -0.05) is 20.8 Å². The molecule has 0 aromatic carbocycles. The summed E-state index contributed by atoms with van der Waals surface area (Å²) in [5.74, 6) is -1.03. The van der Waals surface area contributed by atoms with Crippen LogP contribution in [0.25, 0.3) is 0 Å². The number of esters is 1. The van der Waals surface area contributed by atoms with Crippen molar-refractivity contribution in [3.05, 3.63) is 0 Å². The number of hydrogen-bond acceptors (Lipinski definition) is 4. The molecule has 0 aromatic rings. The van der Waals surface area contributed by atoms with Crippen LogP contribution in [0.3, 0.4) is 0 Å². The van der Waals surface area contributed by atoms with E-state index in [9.17, 15) is 9.90 Å². The molecule has 0 aliphatic heterocycles. The first-order chi connectivity index (χ1) is 6.94. The molecular weight excluding hydrogens is 196 g/mol. The van der Waals surface area contributed by atoms with Crippen molar-refractivity contribution in [2.75, 3.05) is 20.8 Å². The van der Waals surface area contributed by atoms with E-state index in [1.165, 1.54) is 7.11 Å². The van der Waals surface area contributed by atoms with Gasteiger partial charge in [0.1, 0.15) is 0 Å². The first-order valence-electron chi connectivity index (χ1n) is 5.24. The molecule has 2 atom stereocenters. The molecule has 0 heterocycles. The van der Waals surface area contributed by atoms with Gasteiger partial charge in [-0.05, 0) is 12.3 Å². The molecule has 0 bridgehead atoms. The molecule has 0 spiro atoms. The van der Waals surface area contributed by atoms with Crippen molar-refractivity contribution >= 4 is 5.97 Å². The Bertz CT molecular complexity index is 203. The van der Waals surface area contributed by atoms with Crippen LogP contribution in [-0.2, 0) is 14.3 Å². The van der Waals surface area contributed by atoms with Crippen molar-refractivity contribution in [2.45, 2.75) is 32.8 Å². The molecule has 0 radical (unpaired) electrons. The van der Waals surface area contributed by atoms with Crippen molar-refractivity contribution in [1.29, 1.82) is 0 Å². The molecule has 90 valence electrons. The van der Waals surface area contributed by atoms with E-state index in [2.05, 4.69) is 4.74 Å². The Morgan fingerprint density at radius 1 is 1.40 bits per heavy atom. The van der Waals surface area contributed by atoms with E-state index in [-0.39, 0.29) is 11.8 Å². The highest BCUT2D eigenvalue weighted by Gasteiger charge is 2.46. The van der Waals surface area contributed by atoms with Gasteiger partial charge in [0.05, 0.1) is 13.7 Å². The zero-order valence-corrected chi connectivity index (χ0v) is 10.2. The number of aliphatic hydroxyl groups is 1. The maximum absolute atomic E-state index is 11.6. The third-order valence-corrected chi connectivity index (χ3v) is 2.88. The average Bonchev–Trinajstić information content (AvgIpc) is 2.23. The zero-order chi connectivity index (χ0) is 12.1. The van der Waals surface area contributed by atoms with Crippen LogP contribution in [0.2, 0.25) is 0 Å². The maximum atomic E-state index is 11.6. The number of carbonyl (C=O) groups is 1. The second-order valence-corrected chi connectivity index (χ2v) is 4.03. The van der Waals surface area contributed by atoms with Gasteiger partial charge in [0.15, 0.2) is 5.60 Å². The summed E-state index contributed by atoms with van der Waals surface area (Å²) in [4.78, 5) is 11.6. The van der Waals surface area contributed by atoms with Crippen molar-refractivity contribution in [1.82, 2.24) is 0 Å². The molecule has 0 saturated carbocycles. The minimum Gasteiger partial charge on any atom is -0.467 e. The molecule has 15 heavy (non-hydrogen) atoms. The van der Waals surface area contributed by atoms with Gasteiger partial charge < -0.3 is 14.6 Å². The predicted octanol–water partition coefficient (Wildman–Crippen LogP) is 1.22. The smallest absolute Gasteiger partial charge is 0.338 e. The van der Waals surface area contributed by atoms with Crippen LogP contribution in [-0.4, -0.2) is 37.5 Å². The number of rotatable bonds is 6. The first-order valence-corrected chi connectivity index (χ1v) is 5.24. The summed E-state index contributed by atoms with van der Waals surface area (Å²) < 4.78 is 9.68. The van der Waals surface area contributed by atoms with Gasteiger partial charge in [-0.2, -0.15) is 0 Å². The van der Waals surface area contributed by atoms with Gasteiger partial charge >= 0.3 is 5.97 Å². The number of methoxy groups -OCH3 is 2. The van der Waals surface area contributed by atoms with E-state index >= 15 is 0 Å². The Morgan fingerprint density at radius 3 is 2.20 bits per heavy atom. The lowest BCUT2D eigenvalue weighted by Gasteiger charge is -2.36. The summed E-state index contributed by atoms with van der Waals surface area (Å²) in [6, 6.07) is 0. The highest BCUT2D eigenvalue weighted by Crippen LogP contribution is 2.30. The van der Waals surface area contributed by atoms with Crippen LogP contribution in [0.1, 0.15) is 27.2 Å². The average molecular weight is 218 g/mol. The minimum absolute atomic E-state index is 0.204. The molecule has 0 rings (SSSR count). The van der Waals surface area contributed by atoms with Crippen LogP contribution >= 0.6 is 0 Å². The molecule has 0 amide bonds. The summed E-state index contributed by atoms with van der Waals surface area (Å²) in [7, 11) is 2.84. The normalized spacial score (nSPS) is 17.3. The molecule has 4 heteroatoms. The van der Waals surface area contributed by atoms with Gasteiger partial charge in [-0.15, -0.1) is 0 Å². The first kappa shape index (κ1) is 14.4. The summed E-state index contributed by atoms with van der Waals surface area (Å²) >= 11 is 0. The lowest BCUT2D eigenvalue weighted by atomic mass is 9.77. The highest BCUT2D eigenvalue weighted by molar-refractivity contribution is 5.80. The summed E-state index contributed by atoms with van der Waals surface area (Å²) in [5.41, 5.74) is -1.46. The van der Waals surface area contributed by atoms with Gasteiger partial charge in [-0.3, -0.25) is 0 Å². The SMILES string of the molecule is CCC(COC)C(O)(C(=O)OC)C(C)C. The summed E-state index contributed by atoms with van der Waals surface area (Å²) in [6.07, 6.45) is 0.664. The Kier molecular flexibility index (Phi) is 5.83. The minimum atomic E-state index is -1.46. The third-order valence-electron chi connectivity index (χ3n) is 2.88. The Hall–Kier alpha value is -0.610. The van der Waals surface area contributed by atoms with Gasteiger partial charge in [-0.25, -0.2) is 4.79 Å². The van der Waals surface area contributed by atoms with Crippen molar-refractivity contribution in [3.8, 4) is 0 Å².